The van der Waals surface area contributed by atoms with Gasteiger partial charge in [-0.05, 0) is 0 Å². The second-order valence-corrected chi connectivity index (χ2v) is 27.7. The van der Waals surface area contributed by atoms with Crippen molar-refractivity contribution in [3.05, 3.63) is 41.1 Å². The van der Waals surface area contributed by atoms with E-state index >= 15 is 0 Å². The van der Waals surface area contributed by atoms with Crippen molar-refractivity contribution >= 4 is 30.0 Å². The summed E-state index contributed by atoms with van der Waals surface area (Å²) in [7, 11) is -1.58. The Labute approximate surface area is 182 Å². The summed E-state index contributed by atoms with van der Waals surface area (Å²) in [5, 5.41) is 0. The van der Waals surface area contributed by atoms with E-state index in [1.165, 1.54) is 67.6 Å². The van der Waals surface area contributed by atoms with Crippen LogP contribution in [0.15, 0.2) is 30.0 Å². The number of hydrogen-bond acceptors (Lipinski definition) is 0. The summed E-state index contributed by atoms with van der Waals surface area (Å²) >= 11 is -2.85. The SMILES string of the molecule is CCC[CH2][Sn]([CH2]CCC)([CH2]CCC)/[C](=C\[Si](C)(C)C)c1cccc(C(F)(F)F)c1. The molecule has 0 N–H and O–H groups in total. The summed E-state index contributed by atoms with van der Waals surface area (Å²) in [6.07, 6.45) is 2.86. The van der Waals surface area contributed by atoms with Crippen LogP contribution in [0.5, 0.6) is 0 Å². The van der Waals surface area contributed by atoms with Crippen LogP contribution in [0, 0.1) is 0 Å². The van der Waals surface area contributed by atoms with Crippen LogP contribution in [0.4, 0.5) is 13.2 Å². The number of unbranched alkanes of at least 4 members (excludes halogenated alkanes) is 3. The number of hydrogen-bond donors (Lipinski definition) is 0. The van der Waals surface area contributed by atoms with Crippen LogP contribution in [0.25, 0.3) is 3.59 Å². The van der Waals surface area contributed by atoms with Crippen molar-refractivity contribution < 1.29 is 13.2 Å². The van der Waals surface area contributed by atoms with E-state index in [0.717, 1.165) is 5.56 Å². The van der Waals surface area contributed by atoms with Crippen molar-refractivity contribution in [1.29, 1.82) is 0 Å². The molecule has 0 aromatic heterocycles. The van der Waals surface area contributed by atoms with Gasteiger partial charge in [0.25, 0.3) is 0 Å². The molecule has 0 amide bonds. The molecule has 0 radical (unpaired) electrons. The zero-order valence-electron chi connectivity index (χ0n) is 19.4. The van der Waals surface area contributed by atoms with E-state index in [-0.39, 0.29) is 0 Å². The maximum absolute atomic E-state index is 13.5. The van der Waals surface area contributed by atoms with Crippen LogP contribution in [-0.4, -0.2) is 26.5 Å². The van der Waals surface area contributed by atoms with Crippen LogP contribution < -0.4 is 0 Å². The fourth-order valence-electron chi connectivity index (χ4n) is 4.16. The molecule has 0 fully saturated rings. The Morgan fingerprint density at radius 3 is 1.76 bits per heavy atom. The molecule has 0 bridgehead atoms. The first kappa shape index (κ1) is 26.8. The first-order chi connectivity index (χ1) is 13.5. The van der Waals surface area contributed by atoms with Gasteiger partial charge in [-0.3, -0.25) is 0 Å². The van der Waals surface area contributed by atoms with E-state index in [4.69, 9.17) is 0 Å². The topological polar surface area (TPSA) is 0 Å². The van der Waals surface area contributed by atoms with Gasteiger partial charge in [0.1, 0.15) is 0 Å². The fraction of sp³-hybridized carbons (Fsp3) is 0.667. The molecule has 0 aliphatic carbocycles. The Hall–Kier alpha value is -0.234. The zero-order valence-corrected chi connectivity index (χ0v) is 23.2. The third-order valence-electron chi connectivity index (χ3n) is 5.68. The minimum absolute atomic E-state index is 0.502. The van der Waals surface area contributed by atoms with Gasteiger partial charge in [0.2, 0.25) is 0 Å². The van der Waals surface area contributed by atoms with Crippen molar-refractivity contribution in [3.8, 4) is 0 Å². The van der Waals surface area contributed by atoms with Crippen LogP contribution in [0.3, 0.4) is 0 Å². The summed E-state index contributed by atoms with van der Waals surface area (Å²) in [5.41, 5.74) is 2.86. The molecule has 0 unspecified atom stereocenters. The van der Waals surface area contributed by atoms with E-state index < -0.39 is 38.2 Å². The van der Waals surface area contributed by atoms with E-state index in [0.29, 0.717) is 0 Å². The number of alkyl halides is 3. The quantitative estimate of drug-likeness (QED) is 0.235. The third-order valence-corrected chi connectivity index (χ3v) is 23.4. The molecule has 5 heteroatoms. The maximum atomic E-state index is 13.5. The summed E-state index contributed by atoms with van der Waals surface area (Å²) < 4.78 is 45.7. The van der Waals surface area contributed by atoms with Crippen molar-refractivity contribution in [2.24, 2.45) is 0 Å². The van der Waals surface area contributed by atoms with Gasteiger partial charge in [0.15, 0.2) is 0 Å². The number of benzene rings is 1. The molecule has 0 heterocycles. The molecular formula is C24H41F3SiSn. The van der Waals surface area contributed by atoms with Gasteiger partial charge in [-0.15, -0.1) is 0 Å². The van der Waals surface area contributed by atoms with E-state index in [1.54, 1.807) is 6.07 Å². The molecule has 0 aliphatic rings. The molecule has 1 rings (SSSR count). The molecule has 1 aromatic rings. The first-order valence-corrected chi connectivity index (χ1v) is 22.5. The second-order valence-electron chi connectivity index (χ2n) is 9.59. The van der Waals surface area contributed by atoms with E-state index in [1.807, 2.05) is 6.07 Å². The van der Waals surface area contributed by atoms with Gasteiger partial charge in [-0.1, -0.05) is 0 Å². The monoisotopic (exact) mass is 534 g/mol. The van der Waals surface area contributed by atoms with Crippen molar-refractivity contribution in [3.63, 3.8) is 0 Å². The Morgan fingerprint density at radius 2 is 1.38 bits per heavy atom. The zero-order chi connectivity index (χ0) is 22.1. The average Bonchev–Trinajstić information content (AvgIpc) is 2.65. The molecular weight excluding hydrogens is 492 g/mol. The normalized spacial score (nSPS) is 13.8. The predicted molar refractivity (Wildman–Crippen MR) is 128 cm³/mol. The van der Waals surface area contributed by atoms with Gasteiger partial charge < -0.3 is 0 Å². The van der Waals surface area contributed by atoms with Gasteiger partial charge in [-0.2, -0.15) is 0 Å². The summed E-state index contributed by atoms with van der Waals surface area (Å²) in [6, 6.07) is 6.24. The molecule has 166 valence electrons. The molecule has 1 aromatic carbocycles. The molecule has 0 nitrogen and oxygen atoms in total. The minimum atomic E-state index is -4.28. The molecule has 0 saturated carbocycles. The average molecular weight is 533 g/mol. The van der Waals surface area contributed by atoms with Gasteiger partial charge in [0, 0.05) is 0 Å². The summed E-state index contributed by atoms with van der Waals surface area (Å²) in [4.78, 5) is 0. The molecule has 0 saturated heterocycles. The first-order valence-electron chi connectivity index (χ1n) is 11.4. The third kappa shape index (κ3) is 8.80. The molecule has 0 spiro atoms. The van der Waals surface area contributed by atoms with Crippen molar-refractivity contribution in [2.45, 2.75) is 98.4 Å². The Bertz CT molecular complexity index is 622. The molecule has 29 heavy (non-hydrogen) atoms. The number of halogens is 3. The second kappa shape index (κ2) is 12.0. The van der Waals surface area contributed by atoms with Crippen LogP contribution in [0.1, 0.15) is 70.4 Å². The standard InChI is InChI=1S/C12H14F3Si.3C4H9.Sn/c1-16(2,3)8-7-10-5-4-6-11(9-10)12(13,14)15;3*1-3-4-2;/h4-6,8-9H,1-3H3;3*1,3-4H2,2H3;. The van der Waals surface area contributed by atoms with E-state index in [2.05, 4.69) is 46.1 Å². The summed E-state index contributed by atoms with van der Waals surface area (Å²) in [5.74, 6) is 0. The van der Waals surface area contributed by atoms with Gasteiger partial charge in [-0.25, -0.2) is 0 Å². The van der Waals surface area contributed by atoms with Crippen molar-refractivity contribution in [1.82, 2.24) is 0 Å². The predicted octanol–water partition coefficient (Wildman–Crippen LogP) is 9.35. The van der Waals surface area contributed by atoms with Crippen LogP contribution >= 0.6 is 0 Å². The number of rotatable bonds is 12. The molecule has 0 atom stereocenters. The fourth-order valence-corrected chi connectivity index (χ4v) is 27.3. The summed E-state index contributed by atoms with van der Waals surface area (Å²) in [6.45, 7) is 13.7. The van der Waals surface area contributed by atoms with Gasteiger partial charge in [0.05, 0.1) is 0 Å². The molecule has 0 aliphatic heterocycles. The Balaban J connectivity index is 3.67. The van der Waals surface area contributed by atoms with Crippen LogP contribution in [0.2, 0.25) is 33.0 Å². The van der Waals surface area contributed by atoms with E-state index in [9.17, 15) is 13.2 Å². The Morgan fingerprint density at radius 1 is 0.897 bits per heavy atom. The Kier molecular flexibility index (Phi) is 11.1. The van der Waals surface area contributed by atoms with Gasteiger partial charge >= 0.3 is 183 Å². The van der Waals surface area contributed by atoms with Crippen molar-refractivity contribution in [2.75, 3.05) is 0 Å². The van der Waals surface area contributed by atoms with Crippen LogP contribution in [-0.2, 0) is 6.18 Å².